The van der Waals surface area contributed by atoms with Crippen molar-refractivity contribution in [1.29, 1.82) is 0 Å². The van der Waals surface area contributed by atoms with Gasteiger partial charge in [-0.1, -0.05) is 19.1 Å². The van der Waals surface area contributed by atoms with E-state index in [2.05, 4.69) is 30.3 Å². The maximum absolute atomic E-state index is 12.6. The van der Waals surface area contributed by atoms with Gasteiger partial charge in [0.25, 0.3) is 0 Å². The Morgan fingerprint density at radius 3 is 2.47 bits per heavy atom. The molecule has 4 heteroatoms. The Morgan fingerprint density at radius 1 is 1.42 bits per heavy atom. The molecule has 0 bridgehead atoms. The lowest BCUT2D eigenvalue weighted by molar-refractivity contribution is -0.137. The van der Waals surface area contributed by atoms with Crippen LogP contribution in [0.1, 0.15) is 32.6 Å². The molecule has 1 rings (SSSR count). The zero-order valence-corrected chi connectivity index (χ0v) is 12.8. The molecule has 0 spiro atoms. The minimum Gasteiger partial charge on any atom is -0.338 e. The van der Waals surface area contributed by atoms with Gasteiger partial charge < -0.3 is 10.2 Å². The van der Waals surface area contributed by atoms with Crippen LogP contribution in [0.2, 0.25) is 0 Å². The number of nitrogens with one attached hydrogen (secondary N) is 1. The average Bonchev–Trinajstić information content (AvgIpc) is 2.88. The van der Waals surface area contributed by atoms with Gasteiger partial charge >= 0.3 is 0 Å². The van der Waals surface area contributed by atoms with Crippen LogP contribution in [0.3, 0.4) is 0 Å². The predicted octanol–water partition coefficient (Wildman–Crippen LogP) is 2.78. The van der Waals surface area contributed by atoms with E-state index < -0.39 is 0 Å². The van der Waals surface area contributed by atoms with E-state index in [1.165, 1.54) is 0 Å². The van der Waals surface area contributed by atoms with Crippen LogP contribution in [0.5, 0.6) is 0 Å². The molecule has 1 aliphatic rings. The molecule has 1 heterocycles. The van der Waals surface area contributed by atoms with Gasteiger partial charge in [0.1, 0.15) is 0 Å². The molecule has 0 aliphatic carbocycles. The van der Waals surface area contributed by atoms with Crippen molar-refractivity contribution in [3.05, 3.63) is 25.3 Å². The summed E-state index contributed by atoms with van der Waals surface area (Å²) in [5.41, 5.74) is 0. The molecule has 0 saturated carbocycles. The average molecular weight is 287 g/mol. The molecule has 1 atom stereocenters. The maximum atomic E-state index is 12.6. The zero-order valence-electron chi connectivity index (χ0n) is 11.9. The summed E-state index contributed by atoms with van der Waals surface area (Å²) < 4.78 is 0. The molecule has 1 N–H and O–H groups in total. The maximum Gasteiger partial charge on any atom is 0.226 e. The Balaban J connectivity index is 0.00000324. The molecule has 19 heavy (non-hydrogen) atoms. The number of nitrogens with zero attached hydrogens (tertiary/aromatic N) is 1. The lowest BCUT2D eigenvalue weighted by Gasteiger charge is -2.31. The monoisotopic (exact) mass is 286 g/mol. The van der Waals surface area contributed by atoms with Crippen molar-refractivity contribution in [2.24, 2.45) is 5.92 Å². The van der Waals surface area contributed by atoms with E-state index in [0.29, 0.717) is 6.04 Å². The van der Waals surface area contributed by atoms with Gasteiger partial charge in [0.15, 0.2) is 0 Å². The first-order valence-electron chi connectivity index (χ1n) is 6.97. The van der Waals surface area contributed by atoms with Crippen molar-refractivity contribution in [2.45, 2.75) is 38.6 Å². The summed E-state index contributed by atoms with van der Waals surface area (Å²) in [6.07, 6.45) is 7.24. The second kappa shape index (κ2) is 10.0. The topological polar surface area (TPSA) is 32.3 Å². The standard InChI is InChI=1S/C15H26N2O.ClH/c1-4-7-13(8-5-2)15(18)17(11-6-3)14-9-10-16-12-14;/h4-5,13-14,16H,1-2,6-12H2,3H3;1H. The number of carbonyl (C=O) groups excluding carboxylic acids is 1. The zero-order chi connectivity index (χ0) is 13.4. The number of hydrogen-bond acceptors (Lipinski definition) is 2. The number of carbonyl (C=O) groups is 1. The smallest absolute Gasteiger partial charge is 0.226 e. The van der Waals surface area contributed by atoms with E-state index in [1.807, 2.05) is 12.2 Å². The lowest BCUT2D eigenvalue weighted by Crippen LogP contribution is -2.45. The molecule has 3 nitrogen and oxygen atoms in total. The van der Waals surface area contributed by atoms with E-state index >= 15 is 0 Å². The fraction of sp³-hybridized carbons (Fsp3) is 0.667. The minimum atomic E-state index is 0. The third-order valence-electron chi connectivity index (χ3n) is 3.47. The fourth-order valence-electron chi connectivity index (χ4n) is 2.55. The number of hydrogen-bond donors (Lipinski definition) is 1. The summed E-state index contributed by atoms with van der Waals surface area (Å²) in [5.74, 6) is 0.289. The number of allylic oxidation sites excluding steroid dienone is 2. The lowest BCUT2D eigenvalue weighted by atomic mass is 9.98. The van der Waals surface area contributed by atoms with Gasteiger partial charge in [-0.3, -0.25) is 4.79 Å². The number of amides is 1. The van der Waals surface area contributed by atoms with Gasteiger partial charge in [-0.2, -0.15) is 0 Å². The van der Waals surface area contributed by atoms with Crippen LogP contribution in [-0.4, -0.2) is 36.5 Å². The first-order valence-corrected chi connectivity index (χ1v) is 6.97. The Morgan fingerprint density at radius 2 is 2.05 bits per heavy atom. The molecule has 1 amide bonds. The van der Waals surface area contributed by atoms with Gasteiger partial charge in [-0.25, -0.2) is 0 Å². The first kappa shape index (κ1) is 18.2. The third kappa shape index (κ3) is 5.37. The number of rotatable bonds is 8. The van der Waals surface area contributed by atoms with Crippen LogP contribution >= 0.6 is 12.4 Å². The van der Waals surface area contributed by atoms with Crippen molar-refractivity contribution >= 4 is 18.3 Å². The largest absolute Gasteiger partial charge is 0.338 e. The minimum absolute atomic E-state index is 0. The number of halogens is 1. The highest BCUT2D eigenvalue weighted by Gasteiger charge is 2.29. The van der Waals surface area contributed by atoms with Crippen LogP contribution in [0.4, 0.5) is 0 Å². The Bertz CT molecular complexity index is 278. The third-order valence-corrected chi connectivity index (χ3v) is 3.47. The second-order valence-electron chi connectivity index (χ2n) is 4.92. The Hall–Kier alpha value is -0.800. The highest BCUT2D eigenvalue weighted by atomic mass is 35.5. The molecule has 1 unspecified atom stereocenters. The van der Waals surface area contributed by atoms with E-state index in [9.17, 15) is 4.79 Å². The van der Waals surface area contributed by atoms with Crippen LogP contribution in [0.15, 0.2) is 25.3 Å². The van der Waals surface area contributed by atoms with E-state index in [1.54, 1.807) is 0 Å². The predicted molar refractivity (Wildman–Crippen MR) is 83.6 cm³/mol. The Kier molecular flexibility index (Phi) is 9.62. The van der Waals surface area contributed by atoms with Crippen molar-refractivity contribution in [2.75, 3.05) is 19.6 Å². The molecule has 0 aromatic rings. The van der Waals surface area contributed by atoms with Crippen LogP contribution in [0, 0.1) is 5.92 Å². The van der Waals surface area contributed by atoms with E-state index in [0.717, 1.165) is 45.3 Å². The molecule has 1 fully saturated rings. The summed E-state index contributed by atoms with van der Waals surface area (Å²) in [7, 11) is 0. The molecule has 110 valence electrons. The molecular weight excluding hydrogens is 260 g/mol. The van der Waals surface area contributed by atoms with Gasteiger partial charge in [-0.05, 0) is 32.2 Å². The van der Waals surface area contributed by atoms with Crippen molar-refractivity contribution in [3.63, 3.8) is 0 Å². The summed E-state index contributed by atoms with van der Waals surface area (Å²) in [6, 6.07) is 0.370. The molecule has 0 aromatic heterocycles. The van der Waals surface area contributed by atoms with Gasteiger partial charge in [-0.15, -0.1) is 25.6 Å². The second-order valence-corrected chi connectivity index (χ2v) is 4.92. The van der Waals surface area contributed by atoms with Crippen LogP contribution < -0.4 is 5.32 Å². The Labute approximate surface area is 123 Å². The van der Waals surface area contributed by atoms with Crippen molar-refractivity contribution in [1.82, 2.24) is 10.2 Å². The molecule has 1 aliphatic heterocycles. The van der Waals surface area contributed by atoms with E-state index in [4.69, 9.17) is 0 Å². The highest BCUT2D eigenvalue weighted by Crippen LogP contribution is 2.18. The van der Waals surface area contributed by atoms with Crippen molar-refractivity contribution in [3.8, 4) is 0 Å². The normalized spacial score (nSPS) is 17.9. The fourth-order valence-corrected chi connectivity index (χ4v) is 2.55. The van der Waals surface area contributed by atoms with Crippen LogP contribution in [-0.2, 0) is 4.79 Å². The molecule has 0 radical (unpaired) electrons. The summed E-state index contributed by atoms with van der Waals surface area (Å²) >= 11 is 0. The SMILES string of the molecule is C=CCC(CC=C)C(=O)N(CCC)C1CCNC1.Cl. The summed E-state index contributed by atoms with van der Waals surface area (Å²) in [6.45, 7) is 12.4. The summed E-state index contributed by atoms with van der Waals surface area (Å²) in [4.78, 5) is 14.7. The molecule has 1 saturated heterocycles. The van der Waals surface area contributed by atoms with E-state index in [-0.39, 0.29) is 24.2 Å². The quantitative estimate of drug-likeness (QED) is 0.696. The van der Waals surface area contributed by atoms with Gasteiger partial charge in [0, 0.05) is 25.0 Å². The van der Waals surface area contributed by atoms with Crippen molar-refractivity contribution < 1.29 is 4.79 Å². The highest BCUT2D eigenvalue weighted by molar-refractivity contribution is 5.85. The summed E-state index contributed by atoms with van der Waals surface area (Å²) in [5, 5.41) is 3.33. The van der Waals surface area contributed by atoms with Gasteiger partial charge in [0.05, 0.1) is 0 Å². The van der Waals surface area contributed by atoms with Gasteiger partial charge in [0.2, 0.25) is 5.91 Å². The molecular formula is C15H27ClN2O. The molecule has 0 aromatic carbocycles. The first-order chi connectivity index (χ1) is 8.74. The van der Waals surface area contributed by atoms with Crippen LogP contribution in [0.25, 0.3) is 0 Å².